The molecule has 6 nitrogen and oxygen atoms in total. The number of nitrogens with zero attached hydrogens (tertiary/aromatic N) is 3. The largest absolute Gasteiger partial charge is 0.451 e. The maximum Gasteiger partial charge on any atom is 0.441 e. The molecule has 0 fully saturated rings. The van der Waals surface area contributed by atoms with E-state index in [9.17, 15) is 4.79 Å². The van der Waals surface area contributed by atoms with Gasteiger partial charge < -0.3 is 4.42 Å². The SMILES string of the molecule is Cn1c(Cc2cocn2)noc1=O. The van der Waals surface area contributed by atoms with E-state index in [1.165, 1.54) is 17.2 Å². The van der Waals surface area contributed by atoms with Crippen LogP contribution in [0.3, 0.4) is 0 Å². The van der Waals surface area contributed by atoms with Crippen molar-refractivity contribution in [3.8, 4) is 0 Å². The van der Waals surface area contributed by atoms with Gasteiger partial charge in [-0.05, 0) is 0 Å². The molecule has 0 aliphatic heterocycles. The zero-order chi connectivity index (χ0) is 9.26. The molecule has 13 heavy (non-hydrogen) atoms. The molecule has 2 heterocycles. The Hall–Kier alpha value is -1.85. The molecule has 2 rings (SSSR count). The first-order valence-electron chi connectivity index (χ1n) is 3.66. The summed E-state index contributed by atoms with van der Waals surface area (Å²) in [5, 5.41) is 3.58. The van der Waals surface area contributed by atoms with Crippen molar-refractivity contribution in [1.29, 1.82) is 0 Å². The number of aromatic nitrogens is 3. The van der Waals surface area contributed by atoms with E-state index in [2.05, 4.69) is 14.7 Å². The minimum atomic E-state index is -0.474. The van der Waals surface area contributed by atoms with E-state index >= 15 is 0 Å². The van der Waals surface area contributed by atoms with Crippen molar-refractivity contribution in [2.24, 2.45) is 7.05 Å². The molecule has 0 saturated heterocycles. The summed E-state index contributed by atoms with van der Waals surface area (Å²) in [5.74, 6) is 0.0531. The molecule has 0 amide bonds. The second-order valence-electron chi connectivity index (χ2n) is 2.58. The quantitative estimate of drug-likeness (QED) is 0.649. The van der Waals surface area contributed by atoms with Crippen molar-refractivity contribution in [3.05, 3.63) is 34.7 Å². The van der Waals surface area contributed by atoms with Gasteiger partial charge in [-0.25, -0.2) is 9.78 Å². The maximum atomic E-state index is 10.9. The summed E-state index contributed by atoms with van der Waals surface area (Å²) in [7, 11) is 1.59. The lowest BCUT2D eigenvalue weighted by molar-refractivity contribution is 0.376. The Bertz CT molecular complexity index is 440. The fraction of sp³-hybridized carbons (Fsp3) is 0.286. The summed E-state index contributed by atoms with van der Waals surface area (Å²) in [6, 6.07) is 0. The second kappa shape index (κ2) is 2.89. The van der Waals surface area contributed by atoms with E-state index in [-0.39, 0.29) is 0 Å². The molecule has 0 saturated carbocycles. The molecule has 68 valence electrons. The van der Waals surface area contributed by atoms with E-state index in [1.54, 1.807) is 7.05 Å². The van der Waals surface area contributed by atoms with Crippen molar-refractivity contribution >= 4 is 0 Å². The van der Waals surface area contributed by atoms with Crippen LogP contribution in [0.5, 0.6) is 0 Å². The van der Waals surface area contributed by atoms with Crippen LogP contribution in [0.25, 0.3) is 0 Å². The zero-order valence-electron chi connectivity index (χ0n) is 6.93. The van der Waals surface area contributed by atoms with Gasteiger partial charge in [-0.1, -0.05) is 5.16 Å². The summed E-state index contributed by atoms with van der Waals surface area (Å²) in [5.41, 5.74) is 0.712. The third kappa shape index (κ3) is 1.37. The van der Waals surface area contributed by atoms with Crippen LogP contribution in [0, 0.1) is 0 Å². The first-order valence-corrected chi connectivity index (χ1v) is 3.66. The Morgan fingerprint density at radius 1 is 1.62 bits per heavy atom. The lowest BCUT2D eigenvalue weighted by atomic mass is 10.3. The Morgan fingerprint density at radius 3 is 3.00 bits per heavy atom. The van der Waals surface area contributed by atoms with Gasteiger partial charge >= 0.3 is 5.76 Å². The van der Waals surface area contributed by atoms with Crippen LogP contribution in [0.4, 0.5) is 0 Å². The first kappa shape index (κ1) is 7.78. The molecule has 0 N–H and O–H groups in total. The van der Waals surface area contributed by atoms with E-state index in [0.717, 1.165) is 0 Å². The predicted molar refractivity (Wildman–Crippen MR) is 41.1 cm³/mol. The molecule has 0 aliphatic carbocycles. The lowest BCUT2D eigenvalue weighted by Gasteiger charge is -1.92. The average molecular weight is 181 g/mol. The van der Waals surface area contributed by atoms with Gasteiger partial charge in [0.25, 0.3) is 0 Å². The molecular weight excluding hydrogens is 174 g/mol. The van der Waals surface area contributed by atoms with Crippen LogP contribution in [-0.2, 0) is 13.5 Å². The van der Waals surface area contributed by atoms with Crippen LogP contribution in [-0.4, -0.2) is 14.7 Å². The molecule has 0 radical (unpaired) electrons. The molecule has 2 aromatic rings. The van der Waals surface area contributed by atoms with Crippen molar-refractivity contribution < 1.29 is 8.94 Å². The van der Waals surface area contributed by atoms with Crippen LogP contribution in [0.2, 0.25) is 0 Å². The lowest BCUT2D eigenvalue weighted by Crippen LogP contribution is -2.12. The molecule has 0 aliphatic rings. The summed E-state index contributed by atoms with van der Waals surface area (Å²) < 4.78 is 10.5. The normalized spacial score (nSPS) is 10.5. The molecule has 0 aromatic carbocycles. The Labute approximate surface area is 72.8 Å². The van der Waals surface area contributed by atoms with E-state index in [4.69, 9.17) is 4.42 Å². The van der Waals surface area contributed by atoms with Gasteiger partial charge in [-0.2, -0.15) is 0 Å². The molecule has 0 bridgehead atoms. The molecule has 0 atom stereocenters. The standard InChI is InChI=1S/C7H7N3O3/c1-10-6(9-13-7(10)11)2-5-3-12-4-8-5/h3-4H,2H2,1H3. The topological polar surface area (TPSA) is 74.1 Å². The van der Waals surface area contributed by atoms with Crippen molar-refractivity contribution in [1.82, 2.24) is 14.7 Å². The van der Waals surface area contributed by atoms with Crippen molar-refractivity contribution in [2.75, 3.05) is 0 Å². The highest BCUT2D eigenvalue weighted by Crippen LogP contribution is 2.01. The highest BCUT2D eigenvalue weighted by molar-refractivity contribution is 5.01. The summed E-state index contributed by atoms with van der Waals surface area (Å²) in [4.78, 5) is 14.8. The van der Waals surface area contributed by atoms with Gasteiger partial charge in [0.05, 0.1) is 12.1 Å². The van der Waals surface area contributed by atoms with E-state index in [1.807, 2.05) is 0 Å². The first-order chi connectivity index (χ1) is 6.27. The van der Waals surface area contributed by atoms with Gasteiger partial charge in [-0.15, -0.1) is 0 Å². The second-order valence-corrected chi connectivity index (χ2v) is 2.58. The molecule has 0 unspecified atom stereocenters. The van der Waals surface area contributed by atoms with Gasteiger partial charge in [0.2, 0.25) is 0 Å². The number of rotatable bonds is 2. The maximum absolute atomic E-state index is 10.9. The van der Waals surface area contributed by atoms with Gasteiger partial charge in [-0.3, -0.25) is 9.09 Å². The molecule has 6 heteroatoms. The van der Waals surface area contributed by atoms with Crippen LogP contribution < -0.4 is 5.76 Å². The fourth-order valence-electron chi connectivity index (χ4n) is 0.957. The van der Waals surface area contributed by atoms with E-state index in [0.29, 0.717) is 17.9 Å². The molecule has 2 aromatic heterocycles. The molecule has 0 spiro atoms. The predicted octanol–water partition coefficient (Wildman–Crippen LogP) is -0.0479. The van der Waals surface area contributed by atoms with Crippen LogP contribution in [0.1, 0.15) is 11.5 Å². The minimum absolute atomic E-state index is 0.429. The van der Waals surface area contributed by atoms with Gasteiger partial charge in [0.15, 0.2) is 12.2 Å². The number of hydrogen-bond acceptors (Lipinski definition) is 5. The third-order valence-electron chi connectivity index (χ3n) is 1.71. The Morgan fingerprint density at radius 2 is 2.46 bits per heavy atom. The summed E-state index contributed by atoms with van der Waals surface area (Å²) >= 11 is 0. The van der Waals surface area contributed by atoms with Crippen molar-refractivity contribution in [3.63, 3.8) is 0 Å². The minimum Gasteiger partial charge on any atom is -0.451 e. The van der Waals surface area contributed by atoms with Crippen LogP contribution in [0.15, 0.2) is 26.4 Å². The summed E-state index contributed by atoms with van der Waals surface area (Å²) in [6.07, 6.45) is 3.26. The molecular formula is C7H7N3O3. The monoisotopic (exact) mass is 181 g/mol. The smallest absolute Gasteiger partial charge is 0.441 e. The van der Waals surface area contributed by atoms with Crippen LogP contribution >= 0.6 is 0 Å². The summed E-state index contributed by atoms with van der Waals surface area (Å²) in [6.45, 7) is 0. The van der Waals surface area contributed by atoms with Crippen molar-refractivity contribution in [2.45, 2.75) is 6.42 Å². The number of oxazole rings is 1. The highest BCUT2D eigenvalue weighted by Gasteiger charge is 2.08. The van der Waals surface area contributed by atoms with E-state index < -0.39 is 5.76 Å². The highest BCUT2D eigenvalue weighted by atomic mass is 16.5. The average Bonchev–Trinajstić information content (AvgIpc) is 2.71. The fourth-order valence-corrected chi connectivity index (χ4v) is 0.957. The van der Waals surface area contributed by atoms with Gasteiger partial charge in [0.1, 0.15) is 6.26 Å². The zero-order valence-corrected chi connectivity index (χ0v) is 6.93. The number of hydrogen-bond donors (Lipinski definition) is 0. The third-order valence-corrected chi connectivity index (χ3v) is 1.71. The Balaban J connectivity index is 2.29. The van der Waals surface area contributed by atoms with Gasteiger partial charge in [0, 0.05) is 7.05 Å². The Kier molecular flexibility index (Phi) is 1.73.